The van der Waals surface area contributed by atoms with Crippen LogP contribution in [0, 0.1) is 6.92 Å². The fourth-order valence-electron chi connectivity index (χ4n) is 3.64. The molecule has 0 spiro atoms. The molecule has 4 rings (SSSR count). The van der Waals surface area contributed by atoms with Gasteiger partial charge in [0.25, 0.3) is 11.1 Å². The molecule has 1 fully saturated rings. The summed E-state index contributed by atoms with van der Waals surface area (Å²) in [5.41, 5.74) is 3.72. The molecule has 1 aliphatic heterocycles. The standard InChI is InChI=1S/C27H23BrClNO4S/c1-3-33-23-13-20(12-22(28)25(23)34-16-19-8-4-6-17(2)10-19)14-24-26(31)30(27(32)35-24)15-18-7-5-9-21(29)11-18/h4-14H,3,15-16H2,1-2H3/b24-14-. The SMILES string of the molecule is CCOc1cc(/C=C2\SC(=O)N(Cc3cccc(Cl)c3)C2=O)cc(Br)c1OCc1cccc(C)c1. The monoisotopic (exact) mass is 571 g/mol. The lowest BCUT2D eigenvalue weighted by molar-refractivity contribution is -0.123. The largest absolute Gasteiger partial charge is 0.490 e. The summed E-state index contributed by atoms with van der Waals surface area (Å²) in [5, 5.41) is 0.242. The second-order valence-electron chi connectivity index (χ2n) is 7.94. The summed E-state index contributed by atoms with van der Waals surface area (Å²) >= 11 is 10.5. The van der Waals surface area contributed by atoms with Gasteiger partial charge in [-0.3, -0.25) is 14.5 Å². The Morgan fingerprint density at radius 2 is 1.80 bits per heavy atom. The van der Waals surface area contributed by atoms with E-state index in [4.69, 9.17) is 21.1 Å². The van der Waals surface area contributed by atoms with Crippen LogP contribution in [0.25, 0.3) is 6.08 Å². The van der Waals surface area contributed by atoms with Gasteiger partial charge in [-0.2, -0.15) is 0 Å². The average Bonchev–Trinajstić information content (AvgIpc) is 3.06. The van der Waals surface area contributed by atoms with Crippen molar-refractivity contribution in [1.82, 2.24) is 4.90 Å². The number of imide groups is 1. The average molecular weight is 573 g/mol. The van der Waals surface area contributed by atoms with Gasteiger partial charge in [0, 0.05) is 5.02 Å². The van der Waals surface area contributed by atoms with Crippen LogP contribution in [0.3, 0.4) is 0 Å². The third-order valence-corrected chi connectivity index (χ3v) is 6.93. The van der Waals surface area contributed by atoms with E-state index in [-0.39, 0.29) is 17.7 Å². The van der Waals surface area contributed by atoms with Crippen LogP contribution in [0.15, 0.2) is 70.0 Å². The summed E-state index contributed by atoms with van der Waals surface area (Å²) < 4.78 is 12.6. The maximum atomic E-state index is 13.0. The summed E-state index contributed by atoms with van der Waals surface area (Å²) in [5.74, 6) is 0.798. The molecule has 5 nitrogen and oxygen atoms in total. The van der Waals surface area contributed by atoms with Crippen molar-refractivity contribution in [2.45, 2.75) is 27.0 Å². The molecule has 0 saturated carbocycles. The molecule has 0 aliphatic carbocycles. The highest BCUT2D eigenvalue weighted by molar-refractivity contribution is 9.10. The van der Waals surface area contributed by atoms with Crippen LogP contribution < -0.4 is 9.47 Å². The molecule has 0 atom stereocenters. The number of rotatable bonds is 8. The first-order chi connectivity index (χ1) is 16.8. The number of nitrogens with zero attached hydrogens (tertiary/aromatic N) is 1. The minimum absolute atomic E-state index is 0.169. The van der Waals surface area contributed by atoms with E-state index in [0.29, 0.717) is 39.1 Å². The highest BCUT2D eigenvalue weighted by Gasteiger charge is 2.35. The van der Waals surface area contributed by atoms with Gasteiger partial charge in [0.05, 0.1) is 22.5 Å². The summed E-state index contributed by atoms with van der Waals surface area (Å²) in [6, 6.07) is 18.9. The summed E-state index contributed by atoms with van der Waals surface area (Å²) in [6.07, 6.45) is 1.69. The van der Waals surface area contributed by atoms with Gasteiger partial charge in [-0.15, -0.1) is 0 Å². The van der Waals surface area contributed by atoms with E-state index >= 15 is 0 Å². The van der Waals surface area contributed by atoms with Gasteiger partial charge in [-0.1, -0.05) is 53.6 Å². The molecule has 35 heavy (non-hydrogen) atoms. The van der Waals surface area contributed by atoms with Crippen molar-refractivity contribution in [3.05, 3.63) is 97.3 Å². The third kappa shape index (κ3) is 6.28. The van der Waals surface area contributed by atoms with Crippen LogP contribution in [-0.4, -0.2) is 22.7 Å². The van der Waals surface area contributed by atoms with Gasteiger partial charge >= 0.3 is 0 Å². The fraction of sp³-hybridized carbons (Fsp3) is 0.185. The van der Waals surface area contributed by atoms with Crippen molar-refractivity contribution < 1.29 is 19.1 Å². The Kier molecular flexibility index (Phi) is 8.21. The van der Waals surface area contributed by atoms with E-state index in [1.165, 1.54) is 4.90 Å². The summed E-state index contributed by atoms with van der Waals surface area (Å²) in [7, 11) is 0. The molecule has 1 saturated heterocycles. The van der Waals surface area contributed by atoms with Gasteiger partial charge in [0.1, 0.15) is 6.61 Å². The first-order valence-corrected chi connectivity index (χ1v) is 13.0. The van der Waals surface area contributed by atoms with Crippen molar-refractivity contribution in [1.29, 1.82) is 0 Å². The smallest absolute Gasteiger partial charge is 0.293 e. The fourth-order valence-corrected chi connectivity index (χ4v) is 5.26. The third-order valence-electron chi connectivity index (χ3n) is 5.20. The molecule has 0 aromatic heterocycles. The van der Waals surface area contributed by atoms with Crippen molar-refractivity contribution in [3.63, 3.8) is 0 Å². The minimum atomic E-state index is -0.339. The Balaban J connectivity index is 1.55. The van der Waals surface area contributed by atoms with Gasteiger partial charge in [-0.05, 0) is 88.6 Å². The number of hydrogen-bond donors (Lipinski definition) is 0. The highest BCUT2D eigenvalue weighted by Crippen LogP contribution is 2.40. The maximum Gasteiger partial charge on any atom is 0.293 e. The van der Waals surface area contributed by atoms with Crippen LogP contribution in [0.2, 0.25) is 5.02 Å². The Morgan fingerprint density at radius 3 is 2.54 bits per heavy atom. The normalized spacial score (nSPS) is 14.6. The molecular weight excluding hydrogens is 550 g/mol. The Bertz CT molecular complexity index is 1310. The first-order valence-electron chi connectivity index (χ1n) is 11.0. The molecular formula is C27H23BrClNO4S. The predicted octanol–water partition coefficient (Wildman–Crippen LogP) is 7.63. The van der Waals surface area contributed by atoms with E-state index in [1.807, 2.05) is 50.2 Å². The molecule has 0 bridgehead atoms. The highest BCUT2D eigenvalue weighted by atomic mass is 79.9. The van der Waals surface area contributed by atoms with Crippen LogP contribution in [0.5, 0.6) is 11.5 Å². The van der Waals surface area contributed by atoms with E-state index in [0.717, 1.165) is 34.0 Å². The number of benzene rings is 3. The Morgan fingerprint density at radius 1 is 1.03 bits per heavy atom. The lowest BCUT2D eigenvalue weighted by Gasteiger charge is -2.15. The van der Waals surface area contributed by atoms with Crippen LogP contribution in [0.4, 0.5) is 4.79 Å². The zero-order chi connectivity index (χ0) is 24.9. The number of halogens is 2. The number of hydrogen-bond acceptors (Lipinski definition) is 5. The van der Waals surface area contributed by atoms with Crippen molar-refractivity contribution in [3.8, 4) is 11.5 Å². The number of thioether (sulfide) groups is 1. The van der Waals surface area contributed by atoms with Gasteiger partial charge < -0.3 is 9.47 Å². The summed E-state index contributed by atoms with van der Waals surface area (Å²) in [4.78, 5) is 27.1. The zero-order valence-corrected chi connectivity index (χ0v) is 22.4. The van der Waals surface area contributed by atoms with Crippen molar-refractivity contribution in [2.24, 2.45) is 0 Å². The molecule has 3 aromatic carbocycles. The van der Waals surface area contributed by atoms with E-state index in [9.17, 15) is 9.59 Å². The molecule has 0 radical (unpaired) electrons. The maximum absolute atomic E-state index is 13.0. The molecule has 8 heteroatoms. The molecule has 1 heterocycles. The molecule has 2 amide bonds. The molecule has 1 aliphatic rings. The van der Waals surface area contributed by atoms with E-state index in [1.54, 1.807) is 24.3 Å². The number of carbonyl (C=O) groups is 2. The van der Waals surface area contributed by atoms with Crippen LogP contribution in [0.1, 0.15) is 29.2 Å². The number of amides is 2. The van der Waals surface area contributed by atoms with Crippen molar-refractivity contribution in [2.75, 3.05) is 6.61 Å². The molecule has 3 aromatic rings. The predicted molar refractivity (Wildman–Crippen MR) is 144 cm³/mol. The Labute approximate surface area is 222 Å². The summed E-state index contributed by atoms with van der Waals surface area (Å²) in [6.45, 7) is 4.94. The molecule has 180 valence electrons. The number of ether oxygens (including phenoxy) is 2. The minimum Gasteiger partial charge on any atom is -0.490 e. The number of aryl methyl sites for hydroxylation is 1. The van der Waals surface area contributed by atoms with Crippen molar-refractivity contribution >= 4 is 56.5 Å². The van der Waals surface area contributed by atoms with Crippen LogP contribution >= 0.6 is 39.3 Å². The van der Waals surface area contributed by atoms with E-state index in [2.05, 4.69) is 22.0 Å². The van der Waals surface area contributed by atoms with Gasteiger partial charge in [0.2, 0.25) is 0 Å². The van der Waals surface area contributed by atoms with Crippen LogP contribution in [-0.2, 0) is 17.9 Å². The molecule has 0 unspecified atom stereocenters. The Hall–Kier alpha value is -2.74. The lowest BCUT2D eigenvalue weighted by atomic mass is 10.1. The van der Waals surface area contributed by atoms with Gasteiger partial charge in [-0.25, -0.2) is 0 Å². The van der Waals surface area contributed by atoms with E-state index < -0.39 is 0 Å². The number of carbonyl (C=O) groups excluding carboxylic acids is 2. The lowest BCUT2D eigenvalue weighted by Crippen LogP contribution is -2.27. The topological polar surface area (TPSA) is 55.8 Å². The second kappa shape index (κ2) is 11.3. The molecule has 0 N–H and O–H groups in total. The zero-order valence-electron chi connectivity index (χ0n) is 19.2. The quantitative estimate of drug-likeness (QED) is 0.260. The second-order valence-corrected chi connectivity index (χ2v) is 10.2. The van der Waals surface area contributed by atoms with Gasteiger partial charge in [0.15, 0.2) is 11.5 Å². The first kappa shape index (κ1) is 25.4.